The number of hydrogen-bond acceptors (Lipinski definition) is 7. The first-order valence-electron chi connectivity index (χ1n) is 12.7. The molecule has 0 aliphatic rings. The minimum atomic E-state index is -0.537. The Bertz CT molecular complexity index is 1400. The van der Waals surface area contributed by atoms with Gasteiger partial charge in [0.1, 0.15) is 10.6 Å². The van der Waals surface area contributed by atoms with Crippen LogP contribution in [0.3, 0.4) is 0 Å². The van der Waals surface area contributed by atoms with Crippen LogP contribution in [0.5, 0.6) is 17.2 Å². The average Bonchev–Trinajstić information content (AvgIpc) is 3.38. The van der Waals surface area contributed by atoms with Crippen LogP contribution in [0.25, 0.3) is 22.3 Å². The number of anilines is 1. The molecule has 202 valence electrons. The van der Waals surface area contributed by atoms with Crippen LogP contribution in [0.1, 0.15) is 41.5 Å². The zero-order valence-corrected chi connectivity index (χ0v) is 23.2. The number of hydrogen-bond donors (Lipinski definition) is 1. The van der Waals surface area contributed by atoms with Gasteiger partial charge in [0.15, 0.2) is 11.5 Å². The first-order valence-corrected chi connectivity index (χ1v) is 13.6. The van der Waals surface area contributed by atoms with Crippen LogP contribution in [0.2, 0.25) is 0 Å². The van der Waals surface area contributed by atoms with Crippen LogP contribution in [0.15, 0.2) is 72.1 Å². The van der Waals surface area contributed by atoms with E-state index in [1.54, 1.807) is 12.1 Å². The number of thiophene rings is 1. The molecule has 1 N–H and O–H groups in total. The van der Waals surface area contributed by atoms with E-state index in [1.807, 2.05) is 80.7 Å². The van der Waals surface area contributed by atoms with Gasteiger partial charge in [-0.15, -0.1) is 11.3 Å². The SMILES string of the molecule is CCOc1cc(C(=O)Nc2scc(-c3ccc(-c4ccccc4)cc3)c2C(=O)OC)cc(OCC)c1OCC. The van der Waals surface area contributed by atoms with Crippen LogP contribution in [-0.4, -0.2) is 38.8 Å². The van der Waals surface area contributed by atoms with Gasteiger partial charge in [-0.2, -0.15) is 0 Å². The number of amides is 1. The van der Waals surface area contributed by atoms with Gasteiger partial charge in [0.25, 0.3) is 5.91 Å². The van der Waals surface area contributed by atoms with E-state index in [-0.39, 0.29) is 0 Å². The van der Waals surface area contributed by atoms with Gasteiger partial charge in [0, 0.05) is 16.5 Å². The number of benzene rings is 3. The molecule has 0 atom stereocenters. The first-order chi connectivity index (χ1) is 19.0. The third-order valence-electron chi connectivity index (χ3n) is 5.88. The molecule has 0 spiro atoms. The van der Waals surface area contributed by atoms with Crippen LogP contribution < -0.4 is 19.5 Å². The molecule has 0 fully saturated rings. The average molecular weight is 546 g/mol. The van der Waals surface area contributed by atoms with Gasteiger partial charge >= 0.3 is 5.97 Å². The van der Waals surface area contributed by atoms with Gasteiger partial charge < -0.3 is 24.3 Å². The van der Waals surface area contributed by atoms with Gasteiger partial charge in [0.05, 0.1) is 26.9 Å². The number of carbonyl (C=O) groups excluding carboxylic acids is 2. The molecule has 4 aromatic rings. The summed E-state index contributed by atoms with van der Waals surface area (Å²) >= 11 is 1.26. The van der Waals surface area contributed by atoms with E-state index in [0.717, 1.165) is 16.7 Å². The molecule has 0 aliphatic carbocycles. The van der Waals surface area contributed by atoms with Gasteiger partial charge in [-0.1, -0.05) is 54.6 Å². The zero-order chi connectivity index (χ0) is 27.8. The van der Waals surface area contributed by atoms with Crippen molar-refractivity contribution in [2.45, 2.75) is 20.8 Å². The second-order valence-corrected chi connectivity index (χ2v) is 9.22. The summed E-state index contributed by atoms with van der Waals surface area (Å²) in [6, 6.07) is 21.2. The lowest BCUT2D eigenvalue weighted by Gasteiger charge is -2.17. The van der Waals surface area contributed by atoms with E-state index >= 15 is 0 Å². The van der Waals surface area contributed by atoms with Crippen molar-refractivity contribution in [1.29, 1.82) is 0 Å². The van der Waals surface area contributed by atoms with Crippen molar-refractivity contribution in [2.75, 3.05) is 32.2 Å². The Morgan fingerprint density at radius 1 is 0.769 bits per heavy atom. The number of nitrogens with one attached hydrogen (secondary N) is 1. The van der Waals surface area contributed by atoms with Crippen LogP contribution in [0.4, 0.5) is 5.00 Å². The molecule has 0 saturated heterocycles. The molecule has 0 radical (unpaired) electrons. The fraction of sp³-hybridized carbons (Fsp3) is 0.226. The van der Waals surface area contributed by atoms with Crippen molar-refractivity contribution >= 4 is 28.2 Å². The van der Waals surface area contributed by atoms with Crippen molar-refractivity contribution in [3.8, 4) is 39.5 Å². The minimum absolute atomic E-state index is 0.296. The fourth-order valence-electron chi connectivity index (χ4n) is 4.13. The van der Waals surface area contributed by atoms with Crippen molar-refractivity contribution in [2.24, 2.45) is 0 Å². The maximum absolute atomic E-state index is 13.4. The highest BCUT2D eigenvalue weighted by Gasteiger charge is 2.24. The molecule has 4 rings (SSSR count). The highest BCUT2D eigenvalue weighted by Crippen LogP contribution is 2.41. The van der Waals surface area contributed by atoms with E-state index in [0.29, 0.717) is 58.8 Å². The molecule has 0 aliphatic heterocycles. The largest absolute Gasteiger partial charge is 0.490 e. The Morgan fingerprint density at radius 3 is 1.90 bits per heavy atom. The molecule has 1 heterocycles. The molecule has 0 bridgehead atoms. The smallest absolute Gasteiger partial charge is 0.341 e. The summed E-state index contributed by atoms with van der Waals surface area (Å²) in [6.45, 7) is 6.76. The monoisotopic (exact) mass is 545 g/mol. The zero-order valence-electron chi connectivity index (χ0n) is 22.4. The van der Waals surface area contributed by atoms with Gasteiger partial charge in [-0.05, 0) is 49.6 Å². The maximum atomic E-state index is 13.4. The predicted octanol–water partition coefficient (Wildman–Crippen LogP) is 7.32. The van der Waals surface area contributed by atoms with E-state index in [1.165, 1.54) is 18.4 Å². The van der Waals surface area contributed by atoms with Crippen molar-refractivity contribution in [3.63, 3.8) is 0 Å². The summed E-state index contributed by atoms with van der Waals surface area (Å²) in [6.07, 6.45) is 0. The predicted molar refractivity (Wildman–Crippen MR) is 154 cm³/mol. The number of methoxy groups -OCH3 is 1. The Balaban J connectivity index is 1.67. The Kier molecular flexibility index (Phi) is 9.22. The van der Waals surface area contributed by atoms with Gasteiger partial charge in [-0.25, -0.2) is 4.79 Å². The summed E-state index contributed by atoms with van der Waals surface area (Å²) in [5, 5.41) is 5.12. The second-order valence-electron chi connectivity index (χ2n) is 8.34. The number of ether oxygens (including phenoxy) is 4. The highest BCUT2D eigenvalue weighted by atomic mass is 32.1. The molecule has 1 amide bonds. The van der Waals surface area contributed by atoms with Crippen molar-refractivity contribution in [3.05, 3.63) is 83.2 Å². The highest BCUT2D eigenvalue weighted by molar-refractivity contribution is 7.15. The number of carbonyl (C=O) groups is 2. The molecular formula is C31H31NO6S. The topological polar surface area (TPSA) is 83.1 Å². The van der Waals surface area contributed by atoms with Crippen LogP contribution in [-0.2, 0) is 4.74 Å². The fourth-order valence-corrected chi connectivity index (χ4v) is 5.09. The lowest BCUT2D eigenvalue weighted by Crippen LogP contribution is -2.15. The molecule has 39 heavy (non-hydrogen) atoms. The second kappa shape index (κ2) is 13.0. The van der Waals surface area contributed by atoms with Gasteiger partial charge in [-0.3, -0.25) is 4.79 Å². The van der Waals surface area contributed by atoms with Gasteiger partial charge in [0.2, 0.25) is 5.75 Å². The summed E-state index contributed by atoms with van der Waals surface area (Å²) in [4.78, 5) is 26.3. The summed E-state index contributed by atoms with van der Waals surface area (Å²) in [7, 11) is 1.32. The van der Waals surface area contributed by atoms with E-state index in [9.17, 15) is 9.59 Å². The molecule has 3 aromatic carbocycles. The Labute approximate surface area is 232 Å². The normalized spacial score (nSPS) is 10.6. The van der Waals surface area contributed by atoms with Crippen LogP contribution >= 0.6 is 11.3 Å². The summed E-state index contributed by atoms with van der Waals surface area (Å²) in [5.74, 6) is 0.316. The lowest BCUT2D eigenvalue weighted by molar-refractivity contribution is 0.0603. The number of esters is 1. The van der Waals surface area contributed by atoms with E-state index in [2.05, 4.69) is 5.32 Å². The van der Waals surface area contributed by atoms with Crippen LogP contribution in [0, 0.1) is 0 Å². The number of rotatable bonds is 11. The maximum Gasteiger partial charge on any atom is 0.341 e. The van der Waals surface area contributed by atoms with E-state index in [4.69, 9.17) is 18.9 Å². The Morgan fingerprint density at radius 2 is 1.33 bits per heavy atom. The first kappa shape index (κ1) is 27.7. The third kappa shape index (κ3) is 6.23. The standard InChI is InChI=1S/C31H31NO6S/c1-5-36-25-17-23(18-26(37-6-2)28(25)38-7-3)29(33)32-30-27(31(34)35-4)24(19-39-30)22-15-13-21(14-16-22)20-11-9-8-10-12-20/h8-19H,5-7H2,1-4H3,(H,32,33). The summed E-state index contributed by atoms with van der Waals surface area (Å²) in [5.41, 5.74) is 4.29. The quantitative estimate of drug-likeness (QED) is 0.199. The molecule has 7 nitrogen and oxygen atoms in total. The molecule has 8 heteroatoms. The van der Waals surface area contributed by atoms with Crippen molar-refractivity contribution in [1.82, 2.24) is 0 Å². The third-order valence-corrected chi connectivity index (χ3v) is 6.78. The van der Waals surface area contributed by atoms with Crippen molar-refractivity contribution < 1.29 is 28.5 Å². The lowest BCUT2D eigenvalue weighted by atomic mass is 9.99. The molecule has 0 unspecified atom stereocenters. The Hall–Kier alpha value is -4.30. The van der Waals surface area contributed by atoms with E-state index < -0.39 is 11.9 Å². The molecule has 0 saturated carbocycles. The minimum Gasteiger partial charge on any atom is -0.490 e. The molecular weight excluding hydrogens is 514 g/mol. The summed E-state index contributed by atoms with van der Waals surface area (Å²) < 4.78 is 22.3. The molecule has 1 aromatic heterocycles.